The van der Waals surface area contributed by atoms with Gasteiger partial charge in [0.25, 0.3) is 5.91 Å². The highest BCUT2D eigenvalue weighted by Crippen LogP contribution is 2.32. The molecule has 1 aromatic heterocycles. The Bertz CT molecular complexity index is 1210. The lowest BCUT2D eigenvalue weighted by atomic mass is 10.0. The molecule has 1 amide bonds. The molecule has 0 spiro atoms. The Morgan fingerprint density at radius 1 is 1.03 bits per heavy atom. The van der Waals surface area contributed by atoms with Crippen molar-refractivity contribution in [3.63, 3.8) is 0 Å². The molecule has 0 saturated carbocycles. The summed E-state index contributed by atoms with van der Waals surface area (Å²) in [5.74, 6) is 0.949. The minimum atomic E-state index is -0.213. The van der Waals surface area contributed by atoms with Gasteiger partial charge in [-0.3, -0.25) is 4.79 Å². The van der Waals surface area contributed by atoms with Crippen LogP contribution in [0.25, 0.3) is 21.7 Å². The van der Waals surface area contributed by atoms with Crippen molar-refractivity contribution < 1.29 is 13.9 Å². The number of benzene rings is 3. The number of ether oxygens (including phenoxy) is 1. The first-order valence-corrected chi connectivity index (χ1v) is 9.99. The van der Waals surface area contributed by atoms with Crippen molar-refractivity contribution >= 4 is 27.6 Å². The molecule has 4 aromatic rings. The molecule has 30 heavy (non-hydrogen) atoms. The number of fused-ring (bicyclic) bond motifs is 3. The molecule has 0 bridgehead atoms. The lowest BCUT2D eigenvalue weighted by molar-refractivity contribution is 0.0915. The Labute approximate surface area is 176 Å². The number of amides is 1. The number of nitrogens with one attached hydrogen (secondary N) is 1. The smallest absolute Gasteiger partial charge is 0.287 e. The van der Waals surface area contributed by atoms with Crippen LogP contribution in [0.1, 0.15) is 27.7 Å². The first-order chi connectivity index (χ1) is 14.5. The Kier molecular flexibility index (Phi) is 5.46. The molecule has 1 atom stereocenters. The van der Waals surface area contributed by atoms with E-state index in [1.165, 1.54) is 0 Å². The van der Waals surface area contributed by atoms with Crippen molar-refractivity contribution in [3.05, 3.63) is 77.6 Å². The number of para-hydroxylation sites is 1. The van der Waals surface area contributed by atoms with Gasteiger partial charge in [-0.15, -0.1) is 0 Å². The highest BCUT2D eigenvalue weighted by molar-refractivity contribution is 6.08. The number of nitrogens with zero attached hydrogens (tertiary/aromatic N) is 1. The summed E-state index contributed by atoms with van der Waals surface area (Å²) in [6.07, 6.45) is 0. The van der Waals surface area contributed by atoms with Crippen LogP contribution in [0.3, 0.4) is 0 Å². The van der Waals surface area contributed by atoms with Crippen LogP contribution < -0.4 is 10.1 Å². The van der Waals surface area contributed by atoms with Gasteiger partial charge in [0.2, 0.25) is 0 Å². The number of methoxy groups -OCH3 is 1. The average molecular weight is 402 g/mol. The van der Waals surface area contributed by atoms with E-state index in [0.29, 0.717) is 12.3 Å². The molecule has 154 valence electrons. The molecule has 3 aromatic carbocycles. The molecule has 1 N–H and O–H groups in total. The van der Waals surface area contributed by atoms with Gasteiger partial charge in [-0.2, -0.15) is 0 Å². The molecule has 0 aliphatic carbocycles. The van der Waals surface area contributed by atoms with Gasteiger partial charge in [0, 0.05) is 28.4 Å². The standard InChI is InChI=1S/C25H26N2O3/c1-16-18-14-13-17-9-5-6-10-19(17)24(18)30-23(16)25(28)26-15-21(27(2)3)20-11-7-8-12-22(20)29-4/h5-14,21H,15H2,1-4H3,(H,26,28). The SMILES string of the molecule is COc1ccccc1C(CNC(=O)c1oc2c(ccc3ccccc32)c1C)N(C)C. The van der Waals surface area contributed by atoms with Crippen molar-refractivity contribution in [3.8, 4) is 5.75 Å². The van der Waals surface area contributed by atoms with E-state index in [1.807, 2.05) is 75.6 Å². The van der Waals surface area contributed by atoms with E-state index in [-0.39, 0.29) is 11.9 Å². The molecule has 4 rings (SSSR count). The van der Waals surface area contributed by atoms with Crippen LogP contribution in [0.15, 0.2) is 65.1 Å². The molecule has 0 saturated heterocycles. The van der Waals surface area contributed by atoms with Crippen LogP contribution in [0.4, 0.5) is 0 Å². The summed E-state index contributed by atoms with van der Waals surface area (Å²) in [6.45, 7) is 2.36. The van der Waals surface area contributed by atoms with E-state index >= 15 is 0 Å². The van der Waals surface area contributed by atoms with E-state index < -0.39 is 0 Å². The Balaban J connectivity index is 1.62. The quantitative estimate of drug-likeness (QED) is 0.497. The number of carbonyl (C=O) groups excluding carboxylic acids is 1. The summed E-state index contributed by atoms with van der Waals surface area (Å²) in [5, 5.41) is 6.12. The maximum absolute atomic E-state index is 13.0. The number of hydrogen-bond donors (Lipinski definition) is 1. The van der Waals surface area contributed by atoms with E-state index in [9.17, 15) is 4.79 Å². The first-order valence-electron chi connectivity index (χ1n) is 9.99. The van der Waals surface area contributed by atoms with E-state index in [0.717, 1.165) is 38.6 Å². The summed E-state index contributed by atoms with van der Waals surface area (Å²) in [6, 6.07) is 20.0. The molecule has 0 aliphatic rings. The van der Waals surface area contributed by atoms with Gasteiger partial charge in [0.1, 0.15) is 11.3 Å². The predicted molar refractivity (Wildman–Crippen MR) is 120 cm³/mol. The fourth-order valence-corrected chi connectivity index (χ4v) is 3.95. The third-order valence-electron chi connectivity index (χ3n) is 5.61. The largest absolute Gasteiger partial charge is 0.496 e. The minimum Gasteiger partial charge on any atom is -0.496 e. The van der Waals surface area contributed by atoms with Crippen molar-refractivity contribution in [2.45, 2.75) is 13.0 Å². The molecule has 0 radical (unpaired) electrons. The summed E-state index contributed by atoms with van der Waals surface area (Å²) in [4.78, 5) is 15.1. The number of likely N-dealkylation sites (N-methyl/N-ethyl adjacent to an activating group) is 1. The second kappa shape index (κ2) is 8.20. The summed E-state index contributed by atoms with van der Waals surface area (Å²) in [5.41, 5.74) is 2.63. The van der Waals surface area contributed by atoms with Crippen LogP contribution in [-0.4, -0.2) is 38.6 Å². The van der Waals surface area contributed by atoms with Gasteiger partial charge < -0.3 is 19.4 Å². The van der Waals surface area contributed by atoms with Crippen LogP contribution in [0, 0.1) is 6.92 Å². The van der Waals surface area contributed by atoms with Crippen LogP contribution in [0.2, 0.25) is 0 Å². The fourth-order valence-electron chi connectivity index (χ4n) is 3.95. The molecular weight excluding hydrogens is 376 g/mol. The highest BCUT2D eigenvalue weighted by Gasteiger charge is 2.22. The molecule has 5 nitrogen and oxygen atoms in total. The number of carbonyl (C=O) groups is 1. The number of aryl methyl sites for hydroxylation is 1. The fraction of sp³-hybridized carbons (Fsp3) is 0.240. The normalized spacial score (nSPS) is 12.4. The van der Waals surface area contributed by atoms with Gasteiger partial charge in [-0.25, -0.2) is 0 Å². The molecule has 1 heterocycles. The number of rotatable bonds is 6. The molecule has 5 heteroatoms. The van der Waals surface area contributed by atoms with Crippen LogP contribution >= 0.6 is 0 Å². The van der Waals surface area contributed by atoms with E-state index in [4.69, 9.17) is 9.15 Å². The monoisotopic (exact) mass is 402 g/mol. The summed E-state index contributed by atoms with van der Waals surface area (Å²) >= 11 is 0. The Morgan fingerprint density at radius 2 is 1.77 bits per heavy atom. The van der Waals surface area contributed by atoms with Gasteiger partial charge in [0.15, 0.2) is 5.76 Å². The van der Waals surface area contributed by atoms with Crippen molar-refractivity contribution in [1.29, 1.82) is 0 Å². The van der Waals surface area contributed by atoms with Gasteiger partial charge in [-0.1, -0.05) is 54.6 Å². The topological polar surface area (TPSA) is 54.7 Å². The minimum absolute atomic E-state index is 0.0318. The number of hydrogen-bond acceptors (Lipinski definition) is 4. The summed E-state index contributed by atoms with van der Waals surface area (Å²) in [7, 11) is 5.63. The predicted octanol–water partition coefficient (Wildman–Crippen LogP) is 4.94. The van der Waals surface area contributed by atoms with E-state index in [2.05, 4.69) is 16.3 Å². The van der Waals surface area contributed by atoms with Crippen molar-refractivity contribution in [2.75, 3.05) is 27.7 Å². The Morgan fingerprint density at radius 3 is 2.53 bits per heavy atom. The van der Waals surface area contributed by atoms with Crippen LogP contribution in [0.5, 0.6) is 5.75 Å². The average Bonchev–Trinajstić information content (AvgIpc) is 3.11. The maximum atomic E-state index is 13.0. The maximum Gasteiger partial charge on any atom is 0.287 e. The van der Waals surface area contributed by atoms with Crippen molar-refractivity contribution in [1.82, 2.24) is 10.2 Å². The first kappa shape index (κ1) is 20.0. The van der Waals surface area contributed by atoms with Gasteiger partial charge >= 0.3 is 0 Å². The Hall–Kier alpha value is -3.31. The molecular formula is C25H26N2O3. The highest BCUT2D eigenvalue weighted by atomic mass is 16.5. The third kappa shape index (κ3) is 3.53. The lowest BCUT2D eigenvalue weighted by Gasteiger charge is -2.26. The van der Waals surface area contributed by atoms with Gasteiger partial charge in [-0.05, 0) is 32.5 Å². The zero-order valence-electron chi connectivity index (χ0n) is 17.7. The lowest BCUT2D eigenvalue weighted by Crippen LogP contribution is -2.34. The second-order valence-electron chi connectivity index (χ2n) is 7.65. The summed E-state index contributed by atoms with van der Waals surface area (Å²) < 4.78 is 11.6. The van der Waals surface area contributed by atoms with Crippen LogP contribution in [-0.2, 0) is 0 Å². The third-order valence-corrected chi connectivity index (χ3v) is 5.61. The zero-order chi connectivity index (χ0) is 21.3. The number of furan rings is 1. The second-order valence-corrected chi connectivity index (χ2v) is 7.65. The molecule has 1 unspecified atom stereocenters. The van der Waals surface area contributed by atoms with Crippen molar-refractivity contribution in [2.24, 2.45) is 0 Å². The molecule has 0 fully saturated rings. The van der Waals surface area contributed by atoms with Gasteiger partial charge in [0.05, 0.1) is 13.2 Å². The molecule has 0 aliphatic heterocycles. The zero-order valence-corrected chi connectivity index (χ0v) is 17.7. The van der Waals surface area contributed by atoms with E-state index in [1.54, 1.807) is 7.11 Å².